The third-order valence-corrected chi connectivity index (χ3v) is 3.53. The van der Waals surface area contributed by atoms with E-state index in [2.05, 4.69) is 48.3 Å². The van der Waals surface area contributed by atoms with Crippen LogP contribution in [0.4, 0.5) is 0 Å². The molecule has 2 aromatic rings. The molecule has 0 amide bonds. The molecule has 1 aliphatic heterocycles. The van der Waals surface area contributed by atoms with Crippen molar-refractivity contribution < 1.29 is 0 Å². The van der Waals surface area contributed by atoms with E-state index in [0.717, 1.165) is 30.7 Å². The first-order chi connectivity index (χ1) is 9.83. The second-order valence-corrected chi connectivity index (χ2v) is 5.16. The molecule has 0 saturated heterocycles. The van der Waals surface area contributed by atoms with E-state index in [4.69, 9.17) is 4.99 Å². The Kier molecular flexibility index (Phi) is 7.30. The van der Waals surface area contributed by atoms with Gasteiger partial charge in [-0.3, -0.25) is 9.98 Å². The molecule has 2 heterocycles. The highest BCUT2D eigenvalue weighted by molar-refractivity contribution is 6.15. The normalized spacial score (nSPS) is 15.5. The molecule has 22 heavy (non-hydrogen) atoms. The third-order valence-electron chi connectivity index (χ3n) is 3.53. The summed E-state index contributed by atoms with van der Waals surface area (Å²) in [6.07, 6.45) is 8.16. The van der Waals surface area contributed by atoms with Crippen molar-refractivity contribution in [2.75, 3.05) is 6.54 Å². The van der Waals surface area contributed by atoms with Gasteiger partial charge in [-0.15, -0.1) is 24.8 Å². The summed E-state index contributed by atoms with van der Waals surface area (Å²) in [6.45, 7) is 3.02. The summed E-state index contributed by atoms with van der Waals surface area (Å²) < 4.78 is 0. The van der Waals surface area contributed by atoms with E-state index in [1.165, 1.54) is 16.7 Å². The number of rotatable bonds is 2. The van der Waals surface area contributed by atoms with E-state index < -0.39 is 0 Å². The lowest BCUT2D eigenvalue weighted by Gasteiger charge is -2.16. The topological polar surface area (TPSA) is 25.2 Å². The molecule has 0 spiro atoms. The van der Waals surface area contributed by atoms with Crippen molar-refractivity contribution in [1.29, 1.82) is 0 Å². The number of aryl methyl sites for hydroxylation is 1. The summed E-state index contributed by atoms with van der Waals surface area (Å²) >= 11 is 0. The van der Waals surface area contributed by atoms with Gasteiger partial charge < -0.3 is 0 Å². The number of aliphatic imine (C=N–C) groups is 1. The minimum atomic E-state index is 0. The van der Waals surface area contributed by atoms with Gasteiger partial charge in [0.25, 0.3) is 0 Å². The number of hydrogen-bond donors (Lipinski definition) is 0. The third kappa shape index (κ3) is 4.43. The first-order valence-electron chi connectivity index (χ1n) is 7.05. The van der Waals surface area contributed by atoms with Crippen LogP contribution < -0.4 is 0 Å². The Labute approximate surface area is 144 Å². The number of benzene rings is 1. The van der Waals surface area contributed by atoms with Gasteiger partial charge in [-0.2, -0.15) is 0 Å². The first-order valence-corrected chi connectivity index (χ1v) is 7.05. The molecule has 0 aliphatic carbocycles. The molecular formula is C18H20Cl2N2. The molecule has 1 aromatic carbocycles. The highest BCUT2D eigenvalue weighted by atomic mass is 35.5. The Balaban J connectivity index is 0.00000121. The van der Waals surface area contributed by atoms with Gasteiger partial charge in [-0.25, -0.2) is 0 Å². The van der Waals surface area contributed by atoms with Gasteiger partial charge in [0.15, 0.2) is 0 Å². The molecule has 0 atom stereocenters. The second-order valence-electron chi connectivity index (χ2n) is 5.16. The fraction of sp³-hybridized carbons (Fsp3) is 0.222. The molecule has 3 rings (SSSR count). The number of nitrogens with zero attached hydrogens (tertiary/aromatic N) is 2. The maximum Gasteiger partial charge on any atom is 0.0694 e. The summed E-state index contributed by atoms with van der Waals surface area (Å²) in [6, 6.07) is 12.7. The lowest BCUT2D eigenvalue weighted by molar-refractivity contribution is 0.818. The molecule has 1 aromatic heterocycles. The zero-order valence-corrected chi connectivity index (χ0v) is 14.2. The molecule has 0 unspecified atom stereocenters. The van der Waals surface area contributed by atoms with Crippen molar-refractivity contribution in [1.82, 2.24) is 4.98 Å². The number of pyridine rings is 1. The second kappa shape index (κ2) is 8.72. The molecule has 0 N–H and O–H groups in total. The monoisotopic (exact) mass is 334 g/mol. The molecule has 1 aliphatic rings. The van der Waals surface area contributed by atoms with Crippen LogP contribution in [0.3, 0.4) is 0 Å². The van der Waals surface area contributed by atoms with Gasteiger partial charge in [-0.05, 0) is 49.1 Å². The lowest BCUT2D eigenvalue weighted by Crippen LogP contribution is -2.11. The van der Waals surface area contributed by atoms with E-state index in [-0.39, 0.29) is 24.8 Å². The predicted molar refractivity (Wildman–Crippen MR) is 98.5 cm³/mol. The van der Waals surface area contributed by atoms with Crippen molar-refractivity contribution in [2.24, 2.45) is 4.99 Å². The van der Waals surface area contributed by atoms with Gasteiger partial charge in [0.05, 0.1) is 5.71 Å². The maximum absolute atomic E-state index is 4.70. The van der Waals surface area contributed by atoms with Gasteiger partial charge in [0, 0.05) is 24.5 Å². The van der Waals surface area contributed by atoms with Crippen LogP contribution in [0.25, 0.3) is 6.08 Å². The largest absolute Gasteiger partial charge is 0.284 e. The average Bonchev–Trinajstić information content (AvgIpc) is 2.51. The van der Waals surface area contributed by atoms with Crippen LogP contribution >= 0.6 is 24.8 Å². The zero-order chi connectivity index (χ0) is 13.8. The van der Waals surface area contributed by atoms with E-state index in [9.17, 15) is 0 Å². The lowest BCUT2D eigenvalue weighted by atomic mass is 9.95. The highest BCUT2D eigenvalue weighted by Crippen LogP contribution is 2.22. The molecule has 4 heteroatoms. The van der Waals surface area contributed by atoms with Crippen molar-refractivity contribution in [2.45, 2.75) is 19.8 Å². The summed E-state index contributed by atoms with van der Waals surface area (Å²) in [4.78, 5) is 8.91. The van der Waals surface area contributed by atoms with Crippen molar-refractivity contribution in [3.8, 4) is 0 Å². The number of hydrogen-bond acceptors (Lipinski definition) is 2. The summed E-state index contributed by atoms with van der Waals surface area (Å²) in [7, 11) is 0. The van der Waals surface area contributed by atoms with Crippen molar-refractivity contribution >= 4 is 36.6 Å². The average molecular weight is 335 g/mol. The van der Waals surface area contributed by atoms with E-state index in [1.54, 1.807) is 6.20 Å². The summed E-state index contributed by atoms with van der Waals surface area (Å²) in [5.41, 5.74) is 6.06. The van der Waals surface area contributed by atoms with Gasteiger partial charge in [0.2, 0.25) is 0 Å². The molecule has 2 nitrogen and oxygen atoms in total. The fourth-order valence-electron chi connectivity index (χ4n) is 2.46. The fourth-order valence-corrected chi connectivity index (χ4v) is 2.46. The Bertz CT molecular complexity index is 647. The quantitative estimate of drug-likeness (QED) is 0.766. The van der Waals surface area contributed by atoms with Gasteiger partial charge in [-0.1, -0.05) is 29.8 Å². The predicted octanol–water partition coefficient (Wildman–Crippen LogP) is 4.90. The molecule has 0 radical (unpaired) electrons. The Morgan fingerprint density at radius 1 is 1.05 bits per heavy atom. The van der Waals surface area contributed by atoms with Crippen LogP contribution in [-0.2, 0) is 0 Å². The number of aromatic nitrogens is 1. The number of halogens is 2. The summed E-state index contributed by atoms with van der Waals surface area (Å²) in [5, 5.41) is 0. The molecular weight excluding hydrogens is 315 g/mol. The van der Waals surface area contributed by atoms with Crippen LogP contribution in [0, 0.1) is 6.92 Å². The van der Waals surface area contributed by atoms with Crippen LogP contribution in [-0.4, -0.2) is 17.2 Å². The van der Waals surface area contributed by atoms with Crippen molar-refractivity contribution in [3.05, 3.63) is 71.1 Å². The first kappa shape index (κ1) is 18.4. The number of allylic oxidation sites excluding steroid dienone is 1. The maximum atomic E-state index is 4.70. The molecule has 0 bridgehead atoms. The molecule has 116 valence electrons. The van der Waals surface area contributed by atoms with Crippen LogP contribution in [0.15, 0.2) is 59.4 Å². The molecule has 0 fully saturated rings. The van der Waals surface area contributed by atoms with E-state index >= 15 is 0 Å². The van der Waals surface area contributed by atoms with Crippen LogP contribution in [0.1, 0.15) is 29.5 Å². The van der Waals surface area contributed by atoms with Crippen molar-refractivity contribution in [3.63, 3.8) is 0 Å². The zero-order valence-electron chi connectivity index (χ0n) is 12.5. The highest BCUT2D eigenvalue weighted by Gasteiger charge is 2.13. The minimum Gasteiger partial charge on any atom is -0.284 e. The Morgan fingerprint density at radius 2 is 1.82 bits per heavy atom. The SMILES string of the molecule is Cc1ccc(/C=C2\CCCN=C2c2cccnc2)cc1.Cl.Cl. The Morgan fingerprint density at radius 3 is 2.50 bits per heavy atom. The van der Waals surface area contributed by atoms with Crippen LogP contribution in [0.5, 0.6) is 0 Å². The van der Waals surface area contributed by atoms with Crippen LogP contribution in [0.2, 0.25) is 0 Å². The smallest absolute Gasteiger partial charge is 0.0694 e. The van der Waals surface area contributed by atoms with E-state index in [1.807, 2.05) is 12.3 Å². The van der Waals surface area contributed by atoms with Gasteiger partial charge >= 0.3 is 0 Å². The van der Waals surface area contributed by atoms with E-state index in [0.29, 0.717) is 0 Å². The standard InChI is InChI=1S/C18H18N2.2ClH/c1-14-6-8-15(9-7-14)12-16-4-3-11-20-18(16)17-5-2-10-19-13-17;;/h2,5-10,12-13H,3-4,11H2,1H3;2*1H/b16-12+;;. The minimum absolute atomic E-state index is 0. The van der Waals surface area contributed by atoms with Gasteiger partial charge in [0.1, 0.15) is 0 Å². The Hall–Kier alpha value is -1.64. The summed E-state index contributed by atoms with van der Waals surface area (Å²) in [5.74, 6) is 0. The molecule has 0 saturated carbocycles.